The molecule has 182 valence electrons. The number of rotatable bonds is 9. The van der Waals surface area contributed by atoms with Gasteiger partial charge in [0.2, 0.25) is 0 Å². The minimum absolute atomic E-state index is 0.224. The lowest BCUT2D eigenvalue weighted by atomic mass is 10.1. The molecule has 3 aromatic rings. The quantitative estimate of drug-likeness (QED) is 0.329. The fraction of sp³-hybridized carbons (Fsp3) is 0.192. The van der Waals surface area contributed by atoms with Crippen LogP contribution in [0.3, 0.4) is 0 Å². The van der Waals surface area contributed by atoms with Crippen molar-refractivity contribution in [3.05, 3.63) is 81.9 Å². The first-order valence-electron chi connectivity index (χ1n) is 10.7. The zero-order valence-electron chi connectivity index (χ0n) is 19.8. The molecule has 0 aliphatic carbocycles. The van der Waals surface area contributed by atoms with Crippen LogP contribution < -0.4 is 25.0 Å². The molecule has 8 nitrogen and oxygen atoms in total. The number of methoxy groups -OCH3 is 2. The molecule has 3 rings (SSSR count). The van der Waals surface area contributed by atoms with E-state index in [4.69, 9.17) is 25.8 Å². The van der Waals surface area contributed by atoms with Crippen LogP contribution in [0.25, 0.3) is 0 Å². The van der Waals surface area contributed by atoms with Crippen LogP contribution in [-0.2, 0) is 4.79 Å². The predicted octanol–water partition coefficient (Wildman–Crippen LogP) is 4.76. The summed E-state index contributed by atoms with van der Waals surface area (Å²) < 4.78 is 16.1. The number of nitrogens with zero attached hydrogens (tertiary/aromatic N) is 1. The van der Waals surface area contributed by atoms with Gasteiger partial charge in [0.05, 0.1) is 25.5 Å². The molecule has 35 heavy (non-hydrogen) atoms. The van der Waals surface area contributed by atoms with E-state index >= 15 is 0 Å². The molecule has 2 N–H and O–H groups in total. The largest absolute Gasteiger partial charge is 0.497 e. The summed E-state index contributed by atoms with van der Waals surface area (Å²) in [6.07, 6.45) is 1.42. The molecule has 3 aromatic carbocycles. The van der Waals surface area contributed by atoms with Gasteiger partial charge in [0, 0.05) is 11.3 Å². The summed E-state index contributed by atoms with van der Waals surface area (Å²) in [6.45, 7) is 3.72. The minimum atomic E-state index is -0.395. The molecule has 0 aromatic heterocycles. The number of carbonyl (C=O) groups is 2. The van der Waals surface area contributed by atoms with Crippen LogP contribution in [0.2, 0.25) is 5.02 Å². The number of benzene rings is 3. The van der Waals surface area contributed by atoms with Gasteiger partial charge in [-0.25, -0.2) is 5.43 Å². The van der Waals surface area contributed by atoms with Crippen molar-refractivity contribution < 1.29 is 23.8 Å². The summed E-state index contributed by atoms with van der Waals surface area (Å²) in [7, 11) is 2.98. The van der Waals surface area contributed by atoms with E-state index in [-0.39, 0.29) is 23.3 Å². The first-order chi connectivity index (χ1) is 16.8. The van der Waals surface area contributed by atoms with Crippen LogP contribution in [0, 0.1) is 13.8 Å². The Morgan fingerprint density at radius 2 is 1.80 bits per heavy atom. The molecule has 0 bridgehead atoms. The SMILES string of the molecule is COc1cccc(C(=O)N/N=C/c2cc(Cl)c(OCC(=O)Nc3ccc(C)c(C)c3)c(OC)c2)c1. The van der Waals surface area contributed by atoms with Crippen LogP contribution >= 0.6 is 11.6 Å². The summed E-state index contributed by atoms with van der Waals surface area (Å²) in [6, 6.07) is 15.6. The number of aryl methyl sites for hydroxylation is 2. The number of halogens is 1. The van der Waals surface area contributed by atoms with Crippen molar-refractivity contribution in [3.63, 3.8) is 0 Å². The second kappa shape index (κ2) is 11.9. The maximum absolute atomic E-state index is 12.3. The summed E-state index contributed by atoms with van der Waals surface area (Å²) in [4.78, 5) is 24.6. The van der Waals surface area contributed by atoms with E-state index in [0.717, 1.165) is 11.1 Å². The Morgan fingerprint density at radius 3 is 2.51 bits per heavy atom. The van der Waals surface area contributed by atoms with Gasteiger partial charge in [-0.2, -0.15) is 5.10 Å². The normalized spacial score (nSPS) is 10.7. The monoisotopic (exact) mass is 495 g/mol. The van der Waals surface area contributed by atoms with E-state index in [1.54, 1.807) is 36.4 Å². The lowest BCUT2D eigenvalue weighted by molar-refractivity contribution is -0.118. The molecule has 0 saturated heterocycles. The molecule has 0 aliphatic heterocycles. The van der Waals surface area contributed by atoms with E-state index in [1.165, 1.54) is 20.4 Å². The fourth-order valence-corrected chi connectivity index (χ4v) is 3.38. The van der Waals surface area contributed by atoms with Crippen LogP contribution in [0.1, 0.15) is 27.0 Å². The number of ether oxygens (including phenoxy) is 3. The average Bonchev–Trinajstić information content (AvgIpc) is 2.85. The van der Waals surface area contributed by atoms with E-state index in [2.05, 4.69) is 15.8 Å². The van der Waals surface area contributed by atoms with Crippen molar-refractivity contribution in [2.75, 3.05) is 26.1 Å². The van der Waals surface area contributed by atoms with Crippen molar-refractivity contribution in [2.24, 2.45) is 5.10 Å². The molecular formula is C26H26ClN3O5. The van der Waals surface area contributed by atoms with Crippen molar-refractivity contribution in [3.8, 4) is 17.2 Å². The molecular weight excluding hydrogens is 470 g/mol. The first-order valence-corrected chi connectivity index (χ1v) is 11.0. The molecule has 2 amide bonds. The maximum atomic E-state index is 12.3. The van der Waals surface area contributed by atoms with Crippen molar-refractivity contribution in [1.29, 1.82) is 0 Å². The summed E-state index contributed by atoms with van der Waals surface area (Å²) in [5.74, 6) is 0.376. The summed E-state index contributed by atoms with van der Waals surface area (Å²) in [5, 5.41) is 6.99. The van der Waals surface area contributed by atoms with Crippen molar-refractivity contribution in [2.45, 2.75) is 13.8 Å². The molecule has 0 atom stereocenters. The zero-order valence-corrected chi connectivity index (χ0v) is 20.6. The Hall–Kier alpha value is -4.04. The van der Waals surface area contributed by atoms with E-state index in [1.807, 2.05) is 32.0 Å². The predicted molar refractivity (Wildman–Crippen MR) is 136 cm³/mol. The second-order valence-electron chi connectivity index (χ2n) is 7.60. The van der Waals surface area contributed by atoms with E-state index in [0.29, 0.717) is 28.3 Å². The lowest BCUT2D eigenvalue weighted by Crippen LogP contribution is -2.20. The number of carbonyl (C=O) groups excluding carboxylic acids is 2. The zero-order chi connectivity index (χ0) is 25.4. The van der Waals surface area contributed by atoms with Gasteiger partial charge in [-0.3, -0.25) is 9.59 Å². The number of hydrogen-bond acceptors (Lipinski definition) is 6. The van der Waals surface area contributed by atoms with E-state index in [9.17, 15) is 9.59 Å². The number of hydrazone groups is 1. The number of anilines is 1. The minimum Gasteiger partial charge on any atom is -0.497 e. The van der Waals surface area contributed by atoms with Gasteiger partial charge in [-0.05, 0) is 73.0 Å². The standard InChI is InChI=1S/C26H26ClN3O5/c1-16-8-9-20(10-17(16)2)29-24(31)15-35-25-22(27)11-18(12-23(25)34-4)14-28-30-26(32)19-6-5-7-21(13-19)33-3/h5-14H,15H2,1-4H3,(H,29,31)(H,30,32)/b28-14+. The third-order valence-electron chi connectivity index (χ3n) is 5.10. The fourth-order valence-electron chi connectivity index (χ4n) is 3.10. The van der Waals surface area contributed by atoms with E-state index < -0.39 is 5.91 Å². The lowest BCUT2D eigenvalue weighted by Gasteiger charge is -2.13. The third kappa shape index (κ3) is 6.97. The topological polar surface area (TPSA) is 98.3 Å². The van der Waals surface area contributed by atoms with Gasteiger partial charge >= 0.3 is 0 Å². The van der Waals surface area contributed by atoms with Gasteiger partial charge in [-0.15, -0.1) is 0 Å². The highest BCUT2D eigenvalue weighted by Gasteiger charge is 2.14. The average molecular weight is 496 g/mol. The van der Waals surface area contributed by atoms with Gasteiger partial charge in [-0.1, -0.05) is 23.7 Å². The highest BCUT2D eigenvalue weighted by molar-refractivity contribution is 6.32. The Kier molecular flexibility index (Phi) is 8.69. The Morgan fingerprint density at radius 1 is 1.00 bits per heavy atom. The van der Waals surface area contributed by atoms with Crippen molar-refractivity contribution in [1.82, 2.24) is 5.43 Å². The molecule has 0 saturated carbocycles. The Bertz CT molecular complexity index is 1260. The summed E-state index contributed by atoms with van der Waals surface area (Å²) >= 11 is 6.37. The highest BCUT2D eigenvalue weighted by atomic mass is 35.5. The Labute approximate surface area is 208 Å². The maximum Gasteiger partial charge on any atom is 0.271 e. The Balaban J connectivity index is 1.63. The molecule has 9 heteroatoms. The molecule has 0 aliphatic rings. The number of amides is 2. The number of hydrogen-bond donors (Lipinski definition) is 2. The smallest absolute Gasteiger partial charge is 0.271 e. The molecule has 0 spiro atoms. The van der Waals surface area contributed by atoms with Crippen LogP contribution in [-0.4, -0.2) is 38.9 Å². The van der Waals surface area contributed by atoms with Crippen LogP contribution in [0.5, 0.6) is 17.2 Å². The van der Waals surface area contributed by atoms with Gasteiger partial charge < -0.3 is 19.5 Å². The van der Waals surface area contributed by atoms with Gasteiger partial charge in [0.15, 0.2) is 18.1 Å². The number of nitrogens with one attached hydrogen (secondary N) is 2. The molecule has 0 unspecified atom stereocenters. The third-order valence-corrected chi connectivity index (χ3v) is 5.38. The first kappa shape index (κ1) is 25.6. The highest BCUT2D eigenvalue weighted by Crippen LogP contribution is 2.36. The molecule has 0 fully saturated rings. The second-order valence-corrected chi connectivity index (χ2v) is 8.01. The summed E-state index contributed by atoms with van der Waals surface area (Å²) in [5.41, 5.74) is 6.31. The van der Waals surface area contributed by atoms with Crippen molar-refractivity contribution >= 4 is 35.3 Å². The van der Waals surface area contributed by atoms with Crippen LogP contribution in [0.4, 0.5) is 5.69 Å². The molecule has 0 heterocycles. The van der Waals surface area contributed by atoms with Crippen LogP contribution in [0.15, 0.2) is 59.7 Å². The van der Waals surface area contributed by atoms with Gasteiger partial charge in [0.1, 0.15) is 5.75 Å². The van der Waals surface area contributed by atoms with Gasteiger partial charge in [0.25, 0.3) is 11.8 Å². The molecule has 0 radical (unpaired) electrons.